The summed E-state index contributed by atoms with van der Waals surface area (Å²) in [7, 11) is 0. The lowest BCUT2D eigenvalue weighted by atomic mass is 10.0. The third-order valence-electron chi connectivity index (χ3n) is 4.63. The minimum absolute atomic E-state index is 1.08. The van der Waals surface area contributed by atoms with E-state index in [4.69, 9.17) is 4.98 Å². The standard InChI is InChI=1S/C22H21N/c1-2-3-4-7-16-8-5-10-18(14-16)21-15-19-13-12-17-9-6-11-20(23-21)22(17)19/h5-6,8-15H,2-4,7H2,1H3. The third kappa shape index (κ3) is 2.68. The van der Waals surface area contributed by atoms with Gasteiger partial charge in [-0.25, -0.2) is 4.98 Å². The van der Waals surface area contributed by atoms with Crippen molar-refractivity contribution in [2.24, 2.45) is 0 Å². The molecule has 0 saturated carbocycles. The van der Waals surface area contributed by atoms with Gasteiger partial charge in [-0.05, 0) is 47.7 Å². The van der Waals surface area contributed by atoms with Crippen molar-refractivity contribution < 1.29 is 0 Å². The fraction of sp³-hybridized carbons (Fsp3) is 0.227. The zero-order valence-electron chi connectivity index (χ0n) is 13.5. The Morgan fingerprint density at radius 1 is 0.870 bits per heavy atom. The maximum Gasteiger partial charge on any atom is 0.0721 e. The van der Waals surface area contributed by atoms with Crippen LogP contribution in [0, 0.1) is 0 Å². The Morgan fingerprint density at radius 3 is 2.65 bits per heavy atom. The molecule has 0 unspecified atom stereocenters. The van der Waals surface area contributed by atoms with Gasteiger partial charge in [0.2, 0.25) is 0 Å². The Morgan fingerprint density at radius 2 is 1.74 bits per heavy atom. The van der Waals surface area contributed by atoms with Crippen LogP contribution in [0.2, 0.25) is 0 Å². The second-order valence-electron chi connectivity index (χ2n) is 6.33. The van der Waals surface area contributed by atoms with Crippen LogP contribution in [0.1, 0.15) is 42.9 Å². The van der Waals surface area contributed by atoms with Crippen LogP contribution in [0.25, 0.3) is 34.3 Å². The van der Waals surface area contributed by atoms with Gasteiger partial charge in [-0.3, -0.25) is 0 Å². The molecule has 0 fully saturated rings. The summed E-state index contributed by atoms with van der Waals surface area (Å²) in [5.74, 6) is 0. The molecule has 23 heavy (non-hydrogen) atoms. The lowest BCUT2D eigenvalue weighted by Gasteiger charge is -2.08. The van der Waals surface area contributed by atoms with Gasteiger partial charge in [0.25, 0.3) is 0 Å². The van der Waals surface area contributed by atoms with E-state index >= 15 is 0 Å². The molecular formula is C22H21N. The van der Waals surface area contributed by atoms with E-state index in [9.17, 15) is 0 Å². The molecule has 0 bridgehead atoms. The Hall–Kier alpha value is -2.41. The maximum absolute atomic E-state index is 4.90. The van der Waals surface area contributed by atoms with Gasteiger partial charge in [0.1, 0.15) is 0 Å². The highest BCUT2D eigenvalue weighted by atomic mass is 14.7. The van der Waals surface area contributed by atoms with E-state index in [0.717, 1.165) is 17.6 Å². The number of pyridine rings is 1. The van der Waals surface area contributed by atoms with Crippen LogP contribution in [0.4, 0.5) is 0 Å². The summed E-state index contributed by atoms with van der Waals surface area (Å²) in [6.45, 7) is 2.25. The van der Waals surface area contributed by atoms with Crippen LogP contribution in [0.3, 0.4) is 0 Å². The van der Waals surface area contributed by atoms with Crippen molar-refractivity contribution in [2.45, 2.75) is 32.6 Å². The molecule has 0 spiro atoms. The minimum Gasteiger partial charge on any atom is -0.248 e. The Balaban J connectivity index is 1.73. The number of rotatable bonds is 5. The normalized spacial score (nSPS) is 12.2. The average Bonchev–Trinajstić information content (AvgIpc) is 3.00. The fourth-order valence-corrected chi connectivity index (χ4v) is 3.41. The molecule has 0 amide bonds. The molecule has 0 saturated heterocycles. The summed E-state index contributed by atoms with van der Waals surface area (Å²) < 4.78 is 0. The Bertz CT molecular complexity index is 890. The number of nitrogens with zero attached hydrogens (tertiary/aromatic N) is 1. The molecule has 1 nitrogen and oxygen atoms in total. The van der Waals surface area contributed by atoms with Gasteiger partial charge in [-0.2, -0.15) is 0 Å². The molecule has 0 radical (unpaired) electrons. The average molecular weight is 299 g/mol. The van der Waals surface area contributed by atoms with E-state index in [-0.39, 0.29) is 0 Å². The van der Waals surface area contributed by atoms with Gasteiger partial charge in [0.15, 0.2) is 0 Å². The molecule has 1 aliphatic rings. The van der Waals surface area contributed by atoms with Crippen molar-refractivity contribution in [2.75, 3.05) is 0 Å². The summed E-state index contributed by atoms with van der Waals surface area (Å²) in [5, 5.41) is 1.29. The quantitative estimate of drug-likeness (QED) is 0.405. The van der Waals surface area contributed by atoms with Gasteiger partial charge in [-0.1, -0.05) is 62.2 Å². The monoisotopic (exact) mass is 299 g/mol. The van der Waals surface area contributed by atoms with E-state index in [1.807, 2.05) is 0 Å². The smallest absolute Gasteiger partial charge is 0.0721 e. The van der Waals surface area contributed by atoms with Gasteiger partial charge in [-0.15, -0.1) is 0 Å². The van der Waals surface area contributed by atoms with Gasteiger partial charge in [0, 0.05) is 10.9 Å². The molecule has 1 heteroatoms. The highest BCUT2D eigenvalue weighted by Crippen LogP contribution is 2.33. The highest BCUT2D eigenvalue weighted by Gasteiger charge is 2.12. The van der Waals surface area contributed by atoms with Crippen LogP contribution >= 0.6 is 0 Å². The molecule has 0 N–H and O–H groups in total. The van der Waals surface area contributed by atoms with Crippen molar-refractivity contribution in [3.05, 3.63) is 65.2 Å². The minimum atomic E-state index is 1.08. The van der Waals surface area contributed by atoms with Gasteiger partial charge < -0.3 is 0 Å². The van der Waals surface area contributed by atoms with Crippen LogP contribution in [0.5, 0.6) is 0 Å². The van der Waals surface area contributed by atoms with Crippen molar-refractivity contribution in [1.29, 1.82) is 0 Å². The van der Waals surface area contributed by atoms with E-state index in [1.165, 1.54) is 46.9 Å². The van der Waals surface area contributed by atoms with Crippen LogP contribution in [-0.2, 0) is 6.42 Å². The first kappa shape index (κ1) is 14.2. The summed E-state index contributed by atoms with van der Waals surface area (Å²) in [4.78, 5) is 4.90. The molecule has 114 valence electrons. The molecule has 0 aliphatic heterocycles. The number of benzene rings is 2. The molecule has 3 aromatic rings. The molecule has 0 atom stereocenters. The molecule has 1 heterocycles. The zero-order valence-corrected chi connectivity index (χ0v) is 13.5. The summed E-state index contributed by atoms with van der Waals surface area (Å²) in [5.41, 5.74) is 7.38. The fourth-order valence-electron chi connectivity index (χ4n) is 3.41. The lowest BCUT2D eigenvalue weighted by Crippen LogP contribution is -1.91. The van der Waals surface area contributed by atoms with E-state index < -0.39 is 0 Å². The Kier molecular flexibility index (Phi) is 3.70. The van der Waals surface area contributed by atoms with Crippen molar-refractivity contribution in [3.8, 4) is 11.3 Å². The SMILES string of the molecule is CCCCCc1cccc(-c2cc3c4c(cccc4n2)C=C3)c1. The van der Waals surface area contributed by atoms with E-state index in [0.29, 0.717) is 0 Å². The van der Waals surface area contributed by atoms with Crippen molar-refractivity contribution in [3.63, 3.8) is 0 Å². The number of aryl methyl sites for hydroxylation is 1. The van der Waals surface area contributed by atoms with Gasteiger partial charge >= 0.3 is 0 Å². The van der Waals surface area contributed by atoms with E-state index in [1.54, 1.807) is 0 Å². The summed E-state index contributed by atoms with van der Waals surface area (Å²) in [6.07, 6.45) is 9.38. The first-order chi connectivity index (χ1) is 11.3. The van der Waals surface area contributed by atoms with E-state index in [2.05, 4.69) is 67.6 Å². The largest absolute Gasteiger partial charge is 0.248 e. The summed E-state index contributed by atoms with van der Waals surface area (Å²) >= 11 is 0. The zero-order chi connectivity index (χ0) is 15.6. The molecule has 2 aromatic carbocycles. The lowest BCUT2D eigenvalue weighted by molar-refractivity contribution is 0.717. The third-order valence-corrected chi connectivity index (χ3v) is 4.63. The second kappa shape index (κ2) is 6.00. The molecule has 4 rings (SSSR count). The predicted molar refractivity (Wildman–Crippen MR) is 99.3 cm³/mol. The van der Waals surface area contributed by atoms with Gasteiger partial charge in [0.05, 0.1) is 11.2 Å². The van der Waals surface area contributed by atoms with Crippen LogP contribution in [0.15, 0.2) is 48.5 Å². The molecular weight excluding hydrogens is 278 g/mol. The number of unbranched alkanes of at least 4 members (excludes halogenated alkanes) is 2. The number of hydrogen-bond acceptors (Lipinski definition) is 1. The first-order valence-corrected chi connectivity index (χ1v) is 8.56. The first-order valence-electron chi connectivity index (χ1n) is 8.56. The number of hydrogen-bond donors (Lipinski definition) is 0. The maximum atomic E-state index is 4.90. The van der Waals surface area contributed by atoms with Crippen molar-refractivity contribution in [1.82, 2.24) is 4.98 Å². The predicted octanol–water partition coefficient (Wildman–Crippen LogP) is 6.12. The van der Waals surface area contributed by atoms with Crippen LogP contribution in [-0.4, -0.2) is 4.98 Å². The second-order valence-corrected chi connectivity index (χ2v) is 6.33. The Labute approximate surface area is 137 Å². The van der Waals surface area contributed by atoms with Crippen LogP contribution < -0.4 is 0 Å². The molecule has 1 aromatic heterocycles. The van der Waals surface area contributed by atoms with Crippen molar-refractivity contribution >= 4 is 23.1 Å². The summed E-state index contributed by atoms with van der Waals surface area (Å²) in [6, 6.07) is 17.5. The number of aromatic nitrogens is 1. The highest BCUT2D eigenvalue weighted by molar-refractivity contribution is 6.04. The molecule has 1 aliphatic carbocycles. The topological polar surface area (TPSA) is 12.9 Å².